The summed E-state index contributed by atoms with van der Waals surface area (Å²) in [6.45, 7) is 3.74. The van der Waals surface area contributed by atoms with E-state index in [1.165, 1.54) is 0 Å². The van der Waals surface area contributed by atoms with Gasteiger partial charge in [0.1, 0.15) is 0 Å². The van der Waals surface area contributed by atoms with Crippen LogP contribution in [0.1, 0.15) is 26.2 Å². The normalized spacial score (nSPS) is 19.8. The summed E-state index contributed by atoms with van der Waals surface area (Å²) >= 11 is 8.48. The van der Waals surface area contributed by atoms with Crippen molar-refractivity contribution < 1.29 is 4.79 Å². The summed E-state index contributed by atoms with van der Waals surface area (Å²) in [4.78, 5) is 14.3. The minimum atomic E-state index is -0.0657. The number of rotatable bonds is 4. The number of carbonyl (C=O) groups is 1. The van der Waals surface area contributed by atoms with Crippen LogP contribution < -0.4 is 10.2 Å². The third kappa shape index (κ3) is 3.61. The van der Waals surface area contributed by atoms with Gasteiger partial charge in [-0.05, 0) is 66.6 Å². The molecule has 1 saturated heterocycles. The zero-order chi connectivity index (χ0) is 13.8. The molecule has 1 N–H and O–H groups in total. The molecule has 3 nitrogen and oxygen atoms in total. The van der Waals surface area contributed by atoms with Crippen molar-refractivity contribution in [3.05, 3.63) is 26.8 Å². The topological polar surface area (TPSA) is 32.3 Å². The molecule has 1 aromatic carbocycles. The minimum absolute atomic E-state index is 0.0657. The molecule has 0 bridgehead atoms. The lowest BCUT2D eigenvalue weighted by Crippen LogP contribution is -2.51. The summed E-state index contributed by atoms with van der Waals surface area (Å²) in [5.74, 6) is 0.141. The van der Waals surface area contributed by atoms with Crippen molar-refractivity contribution in [2.45, 2.75) is 32.2 Å². The largest absolute Gasteiger partial charge is 0.310 e. The first-order valence-electron chi connectivity index (χ1n) is 6.63. The van der Waals surface area contributed by atoms with E-state index in [9.17, 15) is 4.79 Å². The molecule has 0 saturated carbocycles. The van der Waals surface area contributed by atoms with E-state index in [1.807, 2.05) is 23.1 Å². The van der Waals surface area contributed by atoms with Crippen molar-refractivity contribution in [2.75, 3.05) is 18.0 Å². The summed E-state index contributed by atoms with van der Waals surface area (Å²) < 4.78 is 1.08. The third-order valence-corrected chi connectivity index (χ3v) is 4.25. The number of amides is 1. The minimum Gasteiger partial charge on any atom is -0.310 e. The molecule has 0 aliphatic carbocycles. The zero-order valence-corrected chi connectivity index (χ0v) is 13.9. The average Bonchev–Trinajstić information content (AvgIpc) is 2.38. The molecular formula is C14H18ClIN2O. The Balaban J connectivity index is 2.17. The Morgan fingerprint density at radius 2 is 2.32 bits per heavy atom. The van der Waals surface area contributed by atoms with Crippen LogP contribution in [0.2, 0.25) is 5.02 Å². The molecule has 0 radical (unpaired) electrons. The van der Waals surface area contributed by atoms with E-state index in [-0.39, 0.29) is 11.9 Å². The molecule has 1 amide bonds. The van der Waals surface area contributed by atoms with Crippen LogP contribution in [-0.4, -0.2) is 25.0 Å². The summed E-state index contributed by atoms with van der Waals surface area (Å²) in [6, 6.07) is 5.75. The Hall–Kier alpha value is -0.330. The van der Waals surface area contributed by atoms with Crippen molar-refractivity contribution in [1.29, 1.82) is 0 Å². The van der Waals surface area contributed by atoms with Gasteiger partial charge in [0.2, 0.25) is 5.91 Å². The summed E-state index contributed by atoms with van der Waals surface area (Å²) in [7, 11) is 0. The van der Waals surface area contributed by atoms with E-state index < -0.39 is 0 Å². The second-order valence-corrected chi connectivity index (χ2v) is 6.39. The average molecular weight is 393 g/mol. The van der Waals surface area contributed by atoms with Crippen LogP contribution in [-0.2, 0) is 4.79 Å². The Bertz CT molecular complexity index is 467. The number of carbonyl (C=O) groups excluding carboxylic acids is 1. The molecular weight excluding hydrogens is 375 g/mol. The fourth-order valence-corrected chi connectivity index (χ4v) is 3.28. The molecule has 2 rings (SSSR count). The van der Waals surface area contributed by atoms with E-state index in [1.54, 1.807) is 0 Å². The van der Waals surface area contributed by atoms with Gasteiger partial charge in [-0.15, -0.1) is 0 Å². The molecule has 1 unspecified atom stereocenters. The molecule has 1 heterocycles. The highest BCUT2D eigenvalue weighted by Gasteiger charge is 2.29. The van der Waals surface area contributed by atoms with Crippen LogP contribution in [0.25, 0.3) is 0 Å². The first-order chi connectivity index (χ1) is 9.13. The quantitative estimate of drug-likeness (QED) is 0.796. The number of halogens is 2. The van der Waals surface area contributed by atoms with Gasteiger partial charge < -0.3 is 10.2 Å². The van der Waals surface area contributed by atoms with Crippen LogP contribution in [0.15, 0.2) is 18.2 Å². The molecule has 1 aliphatic rings. The molecule has 1 aromatic rings. The van der Waals surface area contributed by atoms with Gasteiger partial charge in [-0.3, -0.25) is 4.79 Å². The number of hydrogen-bond acceptors (Lipinski definition) is 2. The van der Waals surface area contributed by atoms with Gasteiger partial charge in [-0.1, -0.05) is 18.5 Å². The Morgan fingerprint density at radius 1 is 1.53 bits per heavy atom. The van der Waals surface area contributed by atoms with Crippen LogP contribution in [0.3, 0.4) is 0 Å². The van der Waals surface area contributed by atoms with E-state index in [2.05, 4.69) is 34.8 Å². The SMILES string of the molecule is CCCNC1CCCN(c2ccc(I)cc2Cl)C1=O. The third-order valence-electron chi connectivity index (χ3n) is 3.28. The molecule has 5 heteroatoms. The summed E-state index contributed by atoms with van der Waals surface area (Å²) in [6.07, 6.45) is 2.96. The standard InChI is InChI=1S/C14H18ClIN2O/c1-2-7-17-12-4-3-8-18(14(12)19)13-6-5-10(16)9-11(13)15/h5-6,9,12,17H,2-4,7-8H2,1H3. The second-order valence-electron chi connectivity index (χ2n) is 4.73. The van der Waals surface area contributed by atoms with E-state index in [4.69, 9.17) is 11.6 Å². The highest BCUT2D eigenvalue weighted by Crippen LogP contribution is 2.30. The molecule has 0 aromatic heterocycles. The highest BCUT2D eigenvalue weighted by atomic mass is 127. The Kier molecular flexibility index (Phi) is 5.47. The van der Waals surface area contributed by atoms with E-state index in [0.29, 0.717) is 5.02 Å². The fourth-order valence-electron chi connectivity index (χ4n) is 2.32. The van der Waals surface area contributed by atoms with Gasteiger partial charge in [0, 0.05) is 10.1 Å². The van der Waals surface area contributed by atoms with Gasteiger partial charge in [0.15, 0.2) is 0 Å². The molecule has 104 valence electrons. The van der Waals surface area contributed by atoms with E-state index >= 15 is 0 Å². The zero-order valence-electron chi connectivity index (χ0n) is 11.0. The van der Waals surface area contributed by atoms with Crippen LogP contribution >= 0.6 is 34.2 Å². The Labute approximate surface area is 132 Å². The summed E-state index contributed by atoms with van der Waals surface area (Å²) in [5, 5.41) is 3.97. The lowest BCUT2D eigenvalue weighted by molar-refractivity contribution is -0.121. The molecule has 0 spiro atoms. The number of benzene rings is 1. The summed E-state index contributed by atoms with van der Waals surface area (Å²) in [5.41, 5.74) is 0.829. The second kappa shape index (κ2) is 6.90. The number of nitrogens with zero attached hydrogens (tertiary/aromatic N) is 1. The van der Waals surface area contributed by atoms with Crippen LogP contribution in [0.5, 0.6) is 0 Å². The molecule has 1 fully saturated rings. The number of nitrogens with one attached hydrogen (secondary N) is 1. The number of piperidine rings is 1. The predicted molar refractivity (Wildman–Crippen MR) is 87.8 cm³/mol. The van der Waals surface area contributed by atoms with Gasteiger partial charge >= 0.3 is 0 Å². The van der Waals surface area contributed by atoms with E-state index in [0.717, 1.165) is 41.6 Å². The first-order valence-corrected chi connectivity index (χ1v) is 8.09. The lowest BCUT2D eigenvalue weighted by atomic mass is 10.0. The van der Waals surface area contributed by atoms with Crippen molar-refractivity contribution in [3.63, 3.8) is 0 Å². The monoisotopic (exact) mass is 392 g/mol. The van der Waals surface area contributed by atoms with Crippen LogP contribution in [0, 0.1) is 3.57 Å². The lowest BCUT2D eigenvalue weighted by Gasteiger charge is -2.33. The fraction of sp³-hybridized carbons (Fsp3) is 0.500. The molecule has 1 aliphatic heterocycles. The van der Waals surface area contributed by atoms with Crippen molar-refractivity contribution in [3.8, 4) is 0 Å². The molecule has 19 heavy (non-hydrogen) atoms. The molecule has 1 atom stereocenters. The van der Waals surface area contributed by atoms with Gasteiger partial charge in [-0.2, -0.15) is 0 Å². The maximum absolute atomic E-state index is 12.5. The van der Waals surface area contributed by atoms with Crippen molar-refractivity contribution in [1.82, 2.24) is 5.32 Å². The van der Waals surface area contributed by atoms with Crippen LogP contribution in [0.4, 0.5) is 5.69 Å². The van der Waals surface area contributed by atoms with Gasteiger partial charge in [0.05, 0.1) is 16.8 Å². The Morgan fingerprint density at radius 3 is 3.00 bits per heavy atom. The first kappa shape index (κ1) is 15.1. The predicted octanol–water partition coefficient (Wildman–Crippen LogP) is 3.44. The van der Waals surface area contributed by atoms with Gasteiger partial charge in [-0.25, -0.2) is 0 Å². The number of anilines is 1. The van der Waals surface area contributed by atoms with Crippen molar-refractivity contribution >= 4 is 45.8 Å². The highest BCUT2D eigenvalue weighted by molar-refractivity contribution is 14.1. The maximum atomic E-state index is 12.5. The maximum Gasteiger partial charge on any atom is 0.244 e. The van der Waals surface area contributed by atoms with Gasteiger partial charge in [0.25, 0.3) is 0 Å². The van der Waals surface area contributed by atoms with Crippen molar-refractivity contribution in [2.24, 2.45) is 0 Å². The smallest absolute Gasteiger partial charge is 0.244 e. The number of hydrogen-bond donors (Lipinski definition) is 1.